The van der Waals surface area contributed by atoms with Crippen LogP contribution in [0.1, 0.15) is 13.3 Å². The molecule has 2 atom stereocenters. The van der Waals surface area contributed by atoms with Crippen molar-refractivity contribution in [1.82, 2.24) is 10.6 Å². The molecule has 1 amide bonds. The summed E-state index contributed by atoms with van der Waals surface area (Å²) in [5, 5.41) is 7.09. The largest absolute Gasteiger partial charge is 0.481 e. The second-order valence-corrected chi connectivity index (χ2v) is 5.44. The Bertz CT molecular complexity index is 445. The Morgan fingerprint density at radius 1 is 1.40 bits per heavy atom. The van der Waals surface area contributed by atoms with Gasteiger partial charge in [0, 0.05) is 22.6 Å². The molecule has 1 aliphatic heterocycles. The molecule has 20 heavy (non-hydrogen) atoms. The standard InChI is InChI=1S/C13H16Cl2N2O2.ClH/c1-8(13(18)17-11-2-3-16-7-11)19-12-5-9(14)4-10(15)6-12;/h4-6,8,11,16H,2-3,7H2,1H3,(H,17,18);1H. The maximum absolute atomic E-state index is 11.9. The molecule has 1 heterocycles. The molecule has 0 spiro atoms. The predicted molar refractivity (Wildman–Crippen MR) is 83.2 cm³/mol. The van der Waals surface area contributed by atoms with Crippen LogP contribution < -0.4 is 15.4 Å². The van der Waals surface area contributed by atoms with Crippen LogP contribution in [0.2, 0.25) is 10.0 Å². The molecule has 7 heteroatoms. The van der Waals surface area contributed by atoms with E-state index < -0.39 is 6.10 Å². The quantitative estimate of drug-likeness (QED) is 0.886. The number of nitrogens with one attached hydrogen (secondary N) is 2. The van der Waals surface area contributed by atoms with Gasteiger partial charge in [-0.15, -0.1) is 12.4 Å². The molecular weight excluding hydrogens is 323 g/mol. The van der Waals surface area contributed by atoms with Gasteiger partial charge in [0.05, 0.1) is 0 Å². The fourth-order valence-electron chi connectivity index (χ4n) is 1.95. The van der Waals surface area contributed by atoms with Crippen molar-refractivity contribution in [3.8, 4) is 5.75 Å². The van der Waals surface area contributed by atoms with Crippen LogP contribution in [0.3, 0.4) is 0 Å². The topological polar surface area (TPSA) is 50.4 Å². The third kappa shape index (κ3) is 5.02. The van der Waals surface area contributed by atoms with Crippen LogP contribution in [0.4, 0.5) is 0 Å². The van der Waals surface area contributed by atoms with Crippen LogP contribution in [0.5, 0.6) is 5.75 Å². The van der Waals surface area contributed by atoms with Crippen molar-refractivity contribution in [2.45, 2.75) is 25.5 Å². The minimum Gasteiger partial charge on any atom is -0.481 e. The van der Waals surface area contributed by atoms with E-state index in [2.05, 4.69) is 10.6 Å². The Hall–Kier alpha value is -0.680. The molecule has 2 rings (SSSR count). The van der Waals surface area contributed by atoms with Gasteiger partial charge in [-0.1, -0.05) is 23.2 Å². The molecule has 2 N–H and O–H groups in total. The van der Waals surface area contributed by atoms with Gasteiger partial charge in [0.15, 0.2) is 6.10 Å². The number of carbonyl (C=O) groups is 1. The first-order chi connectivity index (χ1) is 9.04. The molecule has 112 valence electrons. The lowest BCUT2D eigenvalue weighted by molar-refractivity contribution is -0.127. The summed E-state index contributed by atoms with van der Waals surface area (Å²) < 4.78 is 5.55. The van der Waals surface area contributed by atoms with Gasteiger partial charge in [0.1, 0.15) is 5.75 Å². The zero-order chi connectivity index (χ0) is 13.8. The van der Waals surface area contributed by atoms with Crippen molar-refractivity contribution in [3.05, 3.63) is 28.2 Å². The van der Waals surface area contributed by atoms with Gasteiger partial charge in [-0.3, -0.25) is 4.79 Å². The van der Waals surface area contributed by atoms with Gasteiger partial charge < -0.3 is 15.4 Å². The molecule has 1 aliphatic rings. The highest BCUT2D eigenvalue weighted by Crippen LogP contribution is 2.24. The number of carbonyl (C=O) groups excluding carboxylic acids is 1. The Morgan fingerprint density at radius 3 is 2.60 bits per heavy atom. The molecule has 0 saturated carbocycles. The monoisotopic (exact) mass is 338 g/mol. The lowest BCUT2D eigenvalue weighted by atomic mass is 10.2. The molecule has 1 fully saturated rings. The number of amides is 1. The van der Waals surface area contributed by atoms with Crippen LogP contribution in [-0.4, -0.2) is 31.1 Å². The van der Waals surface area contributed by atoms with Gasteiger partial charge >= 0.3 is 0 Å². The third-order valence-corrected chi connectivity index (χ3v) is 3.36. The maximum atomic E-state index is 11.9. The summed E-state index contributed by atoms with van der Waals surface area (Å²) in [6.45, 7) is 3.44. The molecular formula is C13H17Cl3N2O2. The van der Waals surface area contributed by atoms with E-state index in [9.17, 15) is 4.79 Å². The molecule has 0 bridgehead atoms. The van der Waals surface area contributed by atoms with Crippen LogP contribution in [0.25, 0.3) is 0 Å². The lowest BCUT2D eigenvalue weighted by Crippen LogP contribution is -2.43. The van der Waals surface area contributed by atoms with Crippen molar-refractivity contribution in [2.24, 2.45) is 0 Å². The Labute approximate surface area is 134 Å². The Kier molecular flexibility index (Phi) is 6.89. The van der Waals surface area contributed by atoms with Crippen LogP contribution in [0, 0.1) is 0 Å². The molecule has 1 aromatic carbocycles. The van der Waals surface area contributed by atoms with Crippen molar-refractivity contribution in [3.63, 3.8) is 0 Å². The Balaban J connectivity index is 0.00000200. The highest BCUT2D eigenvalue weighted by atomic mass is 35.5. The van der Waals surface area contributed by atoms with Crippen molar-refractivity contribution in [2.75, 3.05) is 13.1 Å². The summed E-state index contributed by atoms with van der Waals surface area (Å²) in [4.78, 5) is 11.9. The molecule has 0 radical (unpaired) electrons. The smallest absolute Gasteiger partial charge is 0.261 e. The van der Waals surface area contributed by atoms with E-state index in [1.54, 1.807) is 25.1 Å². The zero-order valence-electron chi connectivity index (χ0n) is 11.0. The van der Waals surface area contributed by atoms with E-state index in [0.29, 0.717) is 15.8 Å². The fraction of sp³-hybridized carbons (Fsp3) is 0.462. The van der Waals surface area contributed by atoms with E-state index in [0.717, 1.165) is 19.5 Å². The first kappa shape index (κ1) is 17.4. The molecule has 0 aromatic heterocycles. The van der Waals surface area contributed by atoms with E-state index in [-0.39, 0.29) is 24.4 Å². The number of ether oxygens (including phenoxy) is 1. The first-order valence-corrected chi connectivity index (χ1v) is 6.94. The average molecular weight is 340 g/mol. The summed E-state index contributed by atoms with van der Waals surface area (Å²) in [6.07, 6.45) is 0.358. The van der Waals surface area contributed by atoms with Gasteiger partial charge in [0.25, 0.3) is 5.91 Å². The predicted octanol–water partition coefficient (Wildman–Crippen LogP) is 2.66. The summed E-state index contributed by atoms with van der Waals surface area (Å²) in [5.74, 6) is 0.356. The summed E-state index contributed by atoms with van der Waals surface area (Å²) >= 11 is 11.8. The number of rotatable bonds is 4. The SMILES string of the molecule is CC(Oc1cc(Cl)cc(Cl)c1)C(=O)NC1CCNC1.Cl. The minimum atomic E-state index is -0.588. The number of hydrogen-bond acceptors (Lipinski definition) is 3. The van der Waals surface area contributed by atoms with Crippen LogP contribution >= 0.6 is 35.6 Å². The second-order valence-electron chi connectivity index (χ2n) is 4.56. The van der Waals surface area contributed by atoms with Gasteiger partial charge in [-0.25, -0.2) is 0 Å². The fourth-order valence-corrected chi connectivity index (χ4v) is 2.46. The van der Waals surface area contributed by atoms with E-state index in [1.807, 2.05) is 0 Å². The summed E-state index contributed by atoms with van der Waals surface area (Å²) in [6, 6.07) is 5.06. The number of halogens is 3. The number of benzene rings is 1. The van der Waals surface area contributed by atoms with Gasteiger partial charge in [-0.2, -0.15) is 0 Å². The van der Waals surface area contributed by atoms with Crippen molar-refractivity contribution >= 4 is 41.5 Å². The third-order valence-electron chi connectivity index (χ3n) is 2.92. The van der Waals surface area contributed by atoms with Crippen molar-refractivity contribution in [1.29, 1.82) is 0 Å². The summed E-state index contributed by atoms with van der Waals surface area (Å²) in [7, 11) is 0. The normalized spacial score (nSPS) is 19.1. The van der Waals surface area contributed by atoms with Crippen LogP contribution in [0.15, 0.2) is 18.2 Å². The highest BCUT2D eigenvalue weighted by molar-refractivity contribution is 6.34. The Morgan fingerprint density at radius 2 is 2.05 bits per heavy atom. The van der Waals surface area contributed by atoms with Gasteiger partial charge in [0.2, 0.25) is 0 Å². The number of hydrogen-bond donors (Lipinski definition) is 2. The van der Waals surface area contributed by atoms with Gasteiger partial charge in [-0.05, 0) is 38.1 Å². The highest BCUT2D eigenvalue weighted by Gasteiger charge is 2.21. The lowest BCUT2D eigenvalue weighted by Gasteiger charge is -2.18. The molecule has 4 nitrogen and oxygen atoms in total. The second kappa shape index (κ2) is 7.93. The molecule has 0 aliphatic carbocycles. The zero-order valence-corrected chi connectivity index (χ0v) is 13.3. The molecule has 1 saturated heterocycles. The molecule has 1 aromatic rings. The van der Waals surface area contributed by atoms with E-state index >= 15 is 0 Å². The molecule has 2 unspecified atom stereocenters. The van der Waals surface area contributed by atoms with Crippen molar-refractivity contribution < 1.29 is 9.53 Å². The van der Waals surface area contributed by atoms with E-state index in [1.165, 1.54) is 0 Å². The van der Waals surface area contributed by atoms with E-state index in [4.69, 9.17) is 27.9 Å². The summed E-state index contributed by atoms with van der Waals surface area (Å²) in [5.41, 5.74) is 0. The van der Waals surface area contributed by atoms with Crippen LogP contribution in [-0.2, 0) is 4.79 Å². The average Bonchev–Trinajstić information content (AvgIpc) is 2.80. The minimum absolute atomic E-state index is 0. The first-order valence-electron chi connectivity index (χ1n) is 6.18. The maximum Gasteiger partial charge on any atom is 0.261 e.